The van der Waals surface area contributed by atoms with Gasteiger partial charge in [0.15, 0.2) is 0 Å². The number of pyridine rings is 2. The van der Waals surface area contributed by atoms with E-state index in [0.29, 0.717) is 50.2 Å². The second-order valence-electron chi connectivity index (χ2n) is 10.2. The molecule has 41 heavy (non-hydrogen) atoms. The summed E-state index contributed by atoms with van der Waals surface area (Å²) in [5.41, 5.74) is 9.70. The van der Waals surface area contributed by atoms with Gasteiger partial charge in [-0.1, -0.05) is 66.5 Å². The van der Waals surface area contributed by atoms with Gasteiger partial charge in [0, 0.05) is 41.3 Å². The van der Waals surface area contributed by atoms with Crippen molar-refractivity contribution in [3.05, 3.63) is 106 Å². The number of fused-ring (bicyclic) bond motifs is 1. The summed E-state index contributed by atoms with van der Waals surface area (Å²) in [5.74, 6) is 0. The number of nitrogens with zero attached hydrogens (tertiary/aromatic N) is 4. The number of nitrogens with one attached hydrogen (secondary N) is 4. The molecule has 0 bridgehead atoms. The molecule has 3 heterocycles. The van der Waals surface area contributed by atoms with Crippen LogP contribution in [-0.2, 0) is 5.44 Å². The summed E-state index contributed by atoms with van der Waals surface area (Å²) in [6.45, 7) is 2.10. The van der Waals surface area contributed by atoms with E-state index in [0.717, 1.165) is 24.8 Å². The van der Waals surface area contributed by atoms with Crippen LogP contribution in [0.15, 0.2) is 78.9 Å². The van der Waals surface area contributed by atoms with E-state index in [-0.39, 0.29) is 11.2 Å². The van der Waals surface area contributed by atoms with Crippen LogP contribution in [0.1, 0.15) is 48.9 Å². The van der Waals surface area contributed by atoms with E-state index in [2.05, 4.69) is 56.7 Å². The molecule has 8 nitrogen and oxygen atoms in total. The molecule has 2 atom stereocenters. The van der Waals surface area contributed by atoms with E-state index >= 15 is 0 Å². The van der Waals surface area contributed by atoms with E-state index in [1.807, 2.05) is 41.5 Å². The Morgan fingerprint density at radius 2 is 1.98 bits per heavy atom. The van der Waals surface area contributed by atoms with Crippen molar-refractivity contribution in [2.45, 2.75) is 43.7 Å². The standard InChI is InChI=1S/C30H27BCl2N8/c1-2-25(18-7-4-3-5-8-18)37-27-19(15-34)16-36-28-22(27)13-20(14-24(28)32)38-30(31,23-9-6-12-35-29(23)33)26-17-41(40-39-26)21-10-11-21/h3-9,12-14,16-17,21,25,38-40H,2,10-11H2,1H3,(H,36,37)/t25-,30+/m1/s1. The van der Waals surface area contributed by atoms with Gasteiger partial charge in [0.1, 0.15) is 19.1 Å². The van der Waals surface area contributed by atoms with E-state index in [1.165, 1.54) is 0 Å². The molecule has 0 saturated heterocycles. The Morgan fingerprint density at radius 3 is 2.68 bits per heavy atom. The lowest BCUT2D eigenvalue weighted by Gasteiger charge is -2.34. The van der Waals surface area contributed by atoms with Crippen molar-refractivity contribution < 1.29 is 0 Å². The zero-order valence-electron chi connectivity index (χ0n) is 22.3. The van der Waals surface area contributed by atoms with Gasteiger partial charge in [0.25, 0.3) is 0 Å². The summed E-state index contributed by atoms with van der Waals surface area (Å²) in [6, 6.07) is 20.1. The maximum Gasteiger partial charge on any atom is 0.134 e. The van der Waals surface area contributed by atoms with Crippen LogP contribution >= 0.6 is 23.2 Å². The fourth-order valence-electron chi connectivity index (χ4n) is 5.12. The molecule has 204 valence electrons. The Morgan fingerprint density at radius 1 is 1.17 bits per heavy atom. The highest BCUT2D eigenvalue weighted by atomic mass is 35.5. The van der Waals surface area contributed by atoms with Gasteiger partial charge < -0.3 is 16.1 Å². The lowest BCUT2D eigenvalue weighted by Crippen LogP contribution is -2.45. The number of nitriles is 1. The molecule has 6 rings (SSSR count). The van der Waals surface area contributed by atoms with Gasteiger partial charge in [0.05, 0.1) is 39.0 Å². The van der Waals surface area contributed by atoms with Crippen LogP contribution in [-0.4, -0.2) is 28.9 Å². The van der Waals surface area contributed by atoms with Crippen molar-refractivity contribution in [2.24, 2.45) is 0 Å². The zero-order valence-corrected chi connectivity index (χ0v) is 23.8. The fraction of sp³-hybridized carbons (Fsp3) is 0.233. The molecule has 1 aliphatic carbocycles. The second kappa shape index (κ2) is 11.1. The van der Waals surface area contributed by atoms with Gasteiger partial charge in [0.2, 0.25) is 0 Å². The predicted molar refractivity (Wildman–Crippen MR) is 164 cm³/mol. The third-order valence-corrected chi connectivity index (χ3v) is 8.04. The minimum Gasteiger partial charge on any atom is -0.378 e. The molecular formula is C30H27BCl2N8. The first kappa shape index (κ1) is 27.2. The van der Waals surface area contributed by atoms with Crippen molar-refractivity contribution >= 4 is 53.3 Å². The molecule has 11 heteroatoms. The molecule has 4 aromatic rings. The van der Waals surface area contributed by atoms with E-state index in [1.54, 1.807) is 24.5 Å². The normalized spacial score (nSPS) is 16.8. The number of anilines is 2. The summed E-state index contributed by atoms with van der Waals surface area (Å²) in [7, 11) is 7.15. The van der Waals surface area contributed by atoms with Gasteiger partial charge in [-0.05, 0) is 43.0 Å². The highest BCUT2D eigenvalue weighted by Crippen LogP contribution is 2.40. The summed E-state index contributed by atoms with van der Waals surface area (Å²) in [6.07, 6.45) is 8.13. The number of halogens is 2. The first-order chi connectivity index (χ1) is 19.9. The van der Waals surface area contributed by atoms with Gasteiger partial charge >= 0.3 is 0 Å². The smallest absolute Gasteiger partial charge is 0.134 e. The molecule has 2 aromatic heterocycles. The average Bonchev–Trinajstić information content (AvgIpc) is 3.71. The van der Waals surface area contributed by atoms with Crippen molar-refractivity contribution in [2.75, 3.05) is 10.6 Å². The van der Waals surface area contributed by atoms with Crippen LogP contribution < -0.4 is 21.6 Å². The average molecular weight is 581 g/mol. The van der Waals surface area contributed by atoms with Crippen molar-refractivity contribution in [1.82, 2.24) is 25.9 Å². The maximum absolute atomic E-state index is 10.0. The van der Waals surface area contributed by atoms with Gasteiger partial charge in [-0.3, -0.25) is 9.99 Å². The third-order valence-electron chi connectivity index (χ3n) is 7.45. The first-order valence-electron chi connectivity index (χ1n) is 13.5. The molecule has 2 radical (unpaired) electrons. The number of hydrogen-bond donors (Lipinski definition) is 4. The van der Waals surface area contributed by atoms with Crippen molar-refractivity contribution in [3.63, 3.8) is 0 Å². The molecule has 4 N–H and O–H groups in total. The van der Waals surface area contributed by atoms with Crippen molar-refractivity contribution in [1.29, 1.82) is 5.26 Å². The number of hydrazine groups is 2. The third kappa shape index (κ3) is 5.27. The molecule has 1 aliphatic heterocycles. The van der Waals surface area contributed by atoms with Crippen LogP contribution in [0.2, 0.25) is 10.2 Å². The maximum atomic E-state index is 10.0. The second-order valence-corrected chi connectivity index (χ2v) is 11.0. The highest BCUT2D eigenvalue weighted by Gasteiger charge is 2.39. The quantitative estimate of drug-likeness (QED) is 0.138. The Hall–Kier alpha value is -3.97. The fourth-order valence-corrected chi connectivity index (χ4v) is 5.66. The lowest BCUT2D eigenvalue weighted by molar-refractivity contribution is 0.260. The Balaban J connectivity index is 1.45. The van der Waals surface area contributed by atoms with E-state index < -0.39 is 5.44 Å². The van der Waals surface area contributed by atoms with Crippen LogP contribution in [0.5, 0.6) is 0 Å². The topological polar surface area (TPSA) is 101 Å². The van der Waals surface area contributed by atoms with Gasteiger partial charge in [-0.15, -0.1) is 5.53 Å². The number of hydrogen-bond acceptors (Lipinski definition) is 8. The molecule has 1 fully saturated rings. The number of aromatic nitrogens is 2. The molecule has 1 saturated carbocycles. The summed E-state index contributed by atoms with van der Waals surface area (Å²) >= 11 is 13.4. The SMILES string of the molecule is [B][C@@](Nc1cc(Cl)c2ncc(C#N)c(N[C@H](CC)c3ccccc3)c2c1)(C1=CN(C2CC2)NN1)c1cccnc1Cl. The van der Waals surface area contributed by atoms with Gasteiger partial charge in [-0.2, -0.15) is 5.26 Å². The number of benzene rings is 2. The van der Waals surface area contributed by atoms with E-state index in [4.69, 9.17) is 31.0 Å². The summed E-state index contributed by atoms with van der Waals surface area (Å²) in [4.78, 5) is 8.79. The van der Waals surface area contributed by atoms with E-state index in [9.17, 15) is 5.26 Å². The Labute approximate surface area is 250 Å². The summed E-state index contributed by atoms with van der Waals surface area (Å²) in [5, 5.41) is 20.5. The minimum absolute atomic E-state index is 0.0283. The predicted octanol–water partition coefficient (Wildman–Crippen LogP) is 6.13. The van der Waals surface area contributed by atoms with Gasteiger partial charge in [-0.25, -0.2) is 4.98 Å². The summed E-state index contributed by atoms with van der Waals surface area (Å²) < 4.78 is 0. The Bertz CT molecular complexity index is 1670. The molecule has 0 amide bonds. The monoisotopic (exact) mass is 580 g/mol. The van der Waals surface area contributed by atoms with Crippen LogP contribution in [0.25, 0.3) is 10.9 Å². The van der Waals surface area contributed by atoms with Crippen molar-refractivity contribution in [3.8, 4) is 6.07 Å². The molecular weight excluding hydrogens is 554 g/mol. The molecule has 0 spiro atoms. The molecule has 2 aromatic carbocycles. The zero-order chi connectivity index (χ0) is 28.6. The van der Waals surface area contributed by atoms with Crippen LogP contribution in [0.4, 0.5) is 11.4 Å². The minimum atomic E-state index is -1.30. The highest BCUT2D eigenvalue weighted by molar-refractivity contribution is 6.36. The first-order valence-corrected chi connectivity index (χ1v) is 14.2. The van der Waals surface area contributed by atoms with Crippen LogP contribution in [0, 0.1) is 11.3 Å². The Kier molecular flexibility index (Phi) is 7.39. The largest absolute Gasteiger partial charge is 0.378 e. The lowest BCUT2D eigenvalue weighted by atomic mass is 9.70. The van der Waals surface area contributed by atoms with Crippen LogP contribution in [0.3, 0.4) is 0 Å². The number of rotatable bonds is 9. The molecule has 0 unspecified atom stereocenters. The molecule has 2 aliphatic rings.